The molecule has 2 aliphatic heterocycles. The molecule has 1 saturated heterocycles. The normalized spacial score (nSPS) is 18.4. The quantitative estimate of drug-likeness (QED) is 0.873. The number of rotatable bonds is 5. The Morgan fingerprint density at radius 1 is 1.19 bits per heavy atom. The van der Waals surface area contributed by atoms with Gasteiger partial charge in [0.15, 0.2) is 17.2 Å². The molecule has 0 bridgehead atoms. The number of amides is 1. The molecular weight excluding hydrogens is 344 g/mol. The summed E-state index contributed by atoms with van der Waals surface area (Å²) in [5, 5.41) is 11.5. The number of nitrogens with zero attached hydrogens (tertiary/aromatic N) is 3. The van der Waals surface area contributed by atoms with Crippen molar-refractivity contribution in [1.29, 1.82) is 0 Å². The van der Waals surface area contributed by atoms with Gasteiger partial charge in [-0.05, 0) is 55.5 Å². The fourth-order valence-electron chi connectivity index (χ4n) is 3.62. The van der Waals surface area contributed by atoms with Crippen molar-refractivity contribution >= 4 is 11.7 Å². The van der Waals surface area contributed by atoms with E-state index in [0.717, 1.165) is 42.9 Å². The average molecular weight is 368 g/mol. The maximum atomic E-state index is 12.7. The summed E-state index contributed by atoms with van der Waals surface area (Å²) in [6.45, 7) is 3.79. The van der Waals surface area contributed by atoms with Gasteiger partial charge in [0.25, 0.3) is 5.91 Å². The highest BCUT2D eigenvalue weighted by molar-refractivity contribution is 5.92. The Labute approximate surface area is 158 Å². The van der Waals surface area contributed by atoms with Crippen LogP contribution in [0.1, 0.15) is 48.7 Å². The van der Waals surface area contributed by atoms with E-state index in [1.54, 1.807) is 12.1 Å². The van der Waals surface area contributed by atoms with E-state index in [0.29, 0.717) is 24.1 Å². The zero-order chi connectivity index (χ0) is 18.6. The van der Waals surface area contributed by atoms with Crippen molar-refractivity contribution in [2.24, 2.45) is 0 Å². The largest absolute Gasteiger partial charge is 0.454 e. The lowest BCUT2D eigenvalue weighted by molar-refractivity contribution is 0.0601. The summed E-state index contributed by atoms with van der Waals surface area (Å²) in [4.78, 5) is 14.7. The second-order valence-electron chi connectivity index (χ2n) is 6.90. The van der Waals surface area contributed by atoms with E-state index in [1.165, 1.54) is 6.42 Å². The Bertz CT molecular complexity index is 809. The zero-order valence-electron chi connectivity index (χ0n) is 15.5. The van der Waals surface area contributed by atoms with Crippen molar-refractivity contribution in [3.8, 4) is 11.5 Å². The van der Waals surface area contributed by atoms with Gasteiger partial charge >= 0.3 is 0 Å². The molecule has 2 aliphatic rings. The predicted octanol–water partition coefficient (Wildman–Crippen LogP) is 3.22. The van der Waals surface area contributed by atoms with Gasteiger partial charge < -0.3 is 19.7 Å². The van der Waals surface area contributed by atoms with Crippen LogP contribution in [0.15, 0.2) is 30.3 Å². The molecule has 7 nitrogen and oxygen atoms in total. The maximum absolute atomic E-state index is 12.7. The Hall–Kier alpha value is -2.83. The number of fused-ring (bicyclic) bond motifs is 1. The minimum Gasteiger partial charge on any atom is -0.454 e. The van der Waals surface area contributed by atoms with Crippen LogP contribution >= 0.6 is 0 Å². The number of hydrogen-bond acceptors (Lipinski definition) is 6. The van der Waals surface area contributed by atoms with E-state index in [4.69, 9.17) is 9.47 Å². The molecule has 1 unspecified atom stereocenters. The Balaban J connectivity index is 1.38. The van der Waals surface area contributed by atoms with E-state index in [1.807, 2.05) is 23.1 Å². The van der Waals surface area contributed by atoms with Crippen LogP contribution in [0.5, 0.6) is 11.5 Å². The fourth-order valence-corrected chi connectivity index (χ4v) is 3.62. The lowest BCUT2D eigenvalue weighted by atomic mass is 9.99. The highest BCUT2D eigenvalue weighted by atomic mass is 16.7. The smallest absolute Gasteiger partial charge is 0.274 e. The first-order chi connectivity index (χ1) is 13.2. The summed E-state index contributed by atoms with van der Waals surface area (Å²) in [6, 6.07) is 9.69. The molecule has 1 aromatic heterocycles. The number of carbonyl (C=O) groups is 1. The number of likely N-dealkylation sites (tertiary alicyclic amines) is 1. The second-order valence-corrected chi connectivity index (χ2v) is 6.90. The summed E-state index contributed by atoms with van der Waals surface area (Å²) < 4.78 is 10.7. The molecule has 7 heteroatoms. The summed E-state index contributed by atoms with van der Waals surface area (Å²) in [5.74, 6) is 2.14. The van der Waals surface area contributed by atoms with Gasteiger partial charge in [0.2, 0.25) is 6.79 Å². The fraction of sp³-hybridized carbons (Fsp3) is 0.450. The van der Waals surface area contributed by atoms with E-state index in [9.17, 15) is 4.79 Å². The number of piperidine rings is 1. The lowest BCUT2D eigenvalue weighted by Crippen LogP contribution is -2.43. The first-order valence-corrected chi connectivity index (χ1v) is 9.51. The third-order valence-corrected chi connectivity index (χ3v) is 5.15. The molecule has 1 aromatic carbocycles. The molecule has 0 saturated carbocycles. The van der Waals surface area contributed by atoms with E-state index in [-0.39, 0.29) is 12.7 Å². The highest BCUT2D eigenvalue weighted by Gasteiger charge is 2.27. The van der Waals surface area contributed by atoms with Crippen LogP contribution in [0.2, 0.25) is 0 Å². The molecule has 1 N–H and O–H groups in total. The molecule has 1 atom stereocenters. The first kappa shape index (κ1) is 17.6. The molecule has 27 heavy (non-hydrogen) atoms. The van der Waals surface area contributed by atoms with Crippen molar-refractivity contribution in [2.75, 3.05) is 18.7 Å². The molecule has 142 valence electrons. The van der Waals surface area contributed by atoms with Crippen LogP contribution in [-0.2, 0) is 6.54 Å². The zero-order valence-corrected chi connectivity index (χ0v) is 15.5. The van der Waals surface area contributed by atoms with Crippen LogP contribution in [0.25, 0.3) is 0 Å². The second kappa shape index (κ2) is 7.82. The Kier molecular flexibility index (Phi) is 5.09. The van der Waals surface area contributed by atoms with Crippen LogP contribution in [0.3, 0.4) is 0 Å². The standard InChI is InChI=1S/C20H24N4O3/c1-2-15-5-3-4-10-24(15)20(25)16-7-9-19(23-22-16)21-12-14-6-8-17-18(11-14)27-13-26-17/h6-9,11,15H,2-5,10,12-13H2,1H3,(H,21,23). The van der Waals surface area contributed by atoms with Crippen LogP contribution in [-0.4, -0.2) is 40.4 Å². The minimum absolute atomic E-state index is 0.0172. The van der Waals surface area contributed by atoms with Crippen molar-refractivity contribution in [2.45, 2.75) is 45.2 Å². The number of anilines is 1. The van der Waals surface area contributed by atoms with Gasteiger partial charge in [0, 0.05) is 19.1 Å². The van der Waals surface area contributed by atoms with Crippen LogP contribution < -0.4 is 14.8 Å². The van der Waals surface area contributed by atoms with Crippen molar-refractivity contribution in [3.05, 3.63) is 41.6 Å². The van der Waals surface area contributed by atoms with Crippen LogP contribution in [0, 0.1) is 0 Å². The van der Waals surface area contributed by atoms with Gasteiger partial charge in [-0.15, -0.1) is 10.2 Å². The molecule has 1 fully saturated rings. The van der Waals surface area contributed by atoms with E-state index >= 15 is 0 Å². The average Bonchev–Trinajstić information content (AvgIpc) is 3.20. The third-order valence-electron chi connectivity index (χ3n) is 5.15. The SMILES string of the molecule is CCC1CCCCN1C(=O)c1ccc(NCc2ccc3c(c2)OCO3)nn1. The number of aromatic nitrogens is 2. The van der Waals surface area contributed by atoms with Gasteiger partial charge in [-0.2, -0.15) is 0 Å². The lowest BCUT2D eigenvalue weighted by Gasteiger charge is -2.34. The summed E-state index contributed by atoms with van der Waals surface area (Å²) in [7, 11) is 0. The van der Waals surface area contributed by atoms with Crippen molar-refractivity contribution < 1.29 is 14.3 Å². The van der Waals surface area contributed by atoms with Gasteiger partial charge in [-0.25, -0.2) is 0 Å². The van der Waals surface area contributed by atoms with Crippen molar-refractivity contribution in [1.82, 2.24) is 15.1 Å². The molecular formula is C20H24N4O3. The molecule has 0 radical (unpaired) electrons. The number of ether oxygens (including phenoxy) is 2. The molecule has 4 rings (SSSR count). The minimum atomic E-state index is -0.0172. The van der Waals surface area contributed by atoms with Gasteiger partial charge in [0.1, 0.15) is 5.82 Å². The molecule has 1 amide bonds. The predicted molar refractivity (Wildman–Crippen MR) is 101 cm³/mol. The number of hydrogen-bond donors (Lipinski definition) is 1. The Morgan fingerprint density at radius 2 is 2.07 bits per heavy atom. The number of benzene rings is 1. The number of carbonyl (C=O) groups excluding carboxylic acids is 1. The van der Waals surface area contributed by atoms with Gasteiger partial charge in [0.05, 0.1) is 0 Å². The molecule has 0 aliphatic carbocycles. The third kappa shape index (κ3) is 3.82. The number of nitrogens with one attached hydrogen (secondary N) is 1. The first-order valence-electron chi connectivity index (χ1n) is 9.51. The molecule has 0 spiro atoms. The van der Waals surface area contributed by atoms with Crippen molar-refractivity contribution in [3.63, 3.8) is 0 Å². The summed E-state index contributed by atoms with van der Waals surface area (Å²) in [5.41, 5.74) is 1.46. The highest BCUT2D eigenvalue weighted by Crippen LogP contribution is 2.32. The maximum Gasteiger partial charge on any atom is 0.274 e. The topological polar surface area (TPSA) is 76.6 Å². The molecule has 2 aromatic rings. The van der Waals surface area contributed by atoms with E-state index in [2.05, 4.69) is 22.4 Å². The van der Waals surface area contributed by atoms with Gasteiger partial charge in [-0.3, -0.25) is 4.79 Å². The summed E-state index contributed by atoms with van der Waals surface area (Å²) in [6.07, 6.45) is 4.31. The summed E-state index contributed by atoms with van der Waals surface area (Å²) >= 11 is 0. The Morgan fingerprint density at radius 3 is 2.89 bits per heavy atom. The monoisotopic (exact) mass is 368 g/mol. The van der Waals surface area contributed by atoms with Crippen LogP contribution in [0.4, 0.5) is 5.82 Å². The molecule has 3 heterocycles. The van der Waals surface area contributed by atoms with Gasteiger partial charge in [-0.1, -0.05) is 13.0 Å². The van der Waals surface area contributed by atoms with E-state index < -0.39 is 0 Å².